The van der Waals surface area contributed by atoms with Crippen molar-refractivity contribution in [3.8, 4) is 0 Å². The van der Waals surface area contributed by atoms with Crippen molar-refractivity contribution in [3.05, 3.63) is 32.7 Å². The first-order valence-corrected chi connectivity index (χ1v) is 5.58. The zero-order valence-electron chi connectivity index (χ0n) is 7.22. The van der Waals surface area contributed by atoms with Gasteiger partial charge in [-0.3, -0.25) is 0 Å². The molecule has 4 heteroatoms. The first kappa shape index (κ1) is 10.9. The van der Waals surface area contributed by atoms with Crippen LogP contribution < -0.4 is 0 Å². The first-order valence-electron chi connectivity index (χ1n) is 4.00. The van der Waals surface area contributed by atoms with Gasteiger partial charge >= 0.3 is 0 Å². The molecule has 1 atom stereocenters. The van der Waals surface area contributed by atoms with Crippen molar-refractivity contribution < 1.29 is 0 Å². The average molecular weight is 306 g/mol. The van der Waals surface area contributed by atoms with Gasteiger partial charge in [0.25, 0.3) is 0 Å². The minimum atomic E-state index is -0.0196. The summed E-state index contributed by atoms with van der Waals surface area (Å²) in [6.07, 6.45) is 0.854. The van der Waals surface area contributed by atoms with Gasteiger partial charge in [-0.25, -0.2) is 5.53 Å². The van der Waals surface area contributed by atoms with Gasteiger partial charge in [-0.2, -0.15) is 5.11 Å². The Morgan fingerprint density at radius 2 is 1.85 bits per heavy atom. The Hall–Kier alpha value is -0.220. The van der Waals surface area contributed by atoms with Crippen LogP contribution in [0.2, 0.25) is 0 Å². The third kappa shape index (κ3) is 2.88. The molecule has 0 aromatic heterocycles. The van der Waals surface area contributed by atoms with Gasteiger partial charge in [0, 0.05) is 8.95 Å². The molecule has 0 saturated carbocycles. The summed E-state index contributed by atoms with van der Waals surface area (Å²) >= 11 is 6.81. The van der Waals surface area contributed by atoms with Crippen molar-refractivity contribution >= 4 is 31.9 Å². The van der Waals surface area contributed by atoms with Crippen LogP contribution in [0.25, 0.3) is 0 Å². The molecule has 0 fully saturated rings. The Kier molecular flexibility index (Phi) is 4.06. The van der Waals surface area contributed by atoms with E-state index in [4.69, 9.17) is 5.53 Å². The highest BCUT2D eigenvalue weighted by Crippen LogP contribution is 2.27. The molecule has 0 radical (unpaired) electrons. The van der Waals surface area contributed by atoms with Gasteiger partial charge in [-0.15, -0.1) is 0 Å². The van der Waals surface area contributed by atoms with Crippen LogP contribution in [0, 0.1) is 5.53 Å². The molecule has 1 unspecified atom stereocenters. The van der Waals surface area contributed by atoms with Crippen molar-refractivity contribution in [1.82, 2.24) is 0 Å². The Morgan fingerprint density at radius 3 is 2.23 bits per heavy atom. The molecule has 1 aromatic rings. The lowest BCUT2D eigenvalue weighted by Gasteiger charge is -2.08. The second-order valence-corrected chi connectivity index (χ2v) is 4.59. The van der Waals surface area contributed by atoms with Gasteiger partial charge in [-0.05, 0) is 30.2 Å². The lowest BCUT2D eigenvalue weighted by atomic mass is 10.1. The van der Waals surface area contributed by atoms with Crippen molar-refractivity contribution in [1.29, 1.82) is 5.53 Å². The molecular weight excluding hydrogens is 296 g/mol. The van der Waals surface area contributed by atoms with E-state index in [0.717, 1.165) is 20.9 Å². The van der Waals surface area contributed by atoms with Crippen molar-refractivity contribution in [2.45, 2.75) is 19.4 Å². The summed E-state index contributed by atoms with van der Waals surface area (Å²) in [5, 5.41) is 3.57. The summed E-state index contributed by atoms with van der Waals surface area (Å²) in [4.78, 5) is 0. The van der Waals surface area contributed by atoms with Gasteiger partial charge in [-0.1, -0.05) is 38.8 Å². The SMILES string of the molecule is CCC(N=N)c1cc(Br)cc(Br)c1. The smallest absolute Gasteiger partial charge is 0.0953 e. The highest BCUT2D eigenvalue weighted by molar-refractivity contribution is 9.11. The molecule has 13 heavy (non-hydrogen) atoms. The minimum Gasteiger partial charge on any atom is -0.209 e. The van der Waals surface area contributed by atoms with Gasteiger partial charge in [0.05, 0.1) is 6.04 Å². The highest BCUT2D eigenvalue weighted by atomic mass is 79.9. The minimum absolute atomic E-state index is 0.0196. The van der Waals surface area contributed by atoms with E-state index >= 15 is 0 Å². The Balaban J connectivity index is 3.05. The summed E-state index contributed by atoms with van der Waals surface area (Å²) in [5.74, 6) is 0. The Morgan fingerprint density at radius 1 is 1.31 bits per heavy atom. The predicted molar refractivity (Wildman–Crippen MR) is 60.0 cm³/mol. The largest absolute Gasteiger partial charge is 0.209 e. The third-order valence-corrected chi connectivity index (χ3v) is 2.73. The third-order valence-electron chi connectivity index (χ3n) is 1.81. The van der Waals surface area contributed by atoms with E-state index in [9.17, 15) is 0 Å². The topological polar surface area (TPSA) is 36.2 Å². The van der Waals surface area contributed by atoms with Crippen molar-refractivity contribution in [2.75, 3.05) is 0 Å². The fourth-order valence-corrected chi connectivity index (χ4v) is 2.50. The second-order valence-electron chi connectivity index (χ2n) is 2.76. The van der Waals surface area contributed by atoms with E-state index in [1.54, 1.807) is 0 Å². The Labute approximate surface area is 94.5 Å². The summed E-state index contributed by atoms with van der Waals surface area (Å²) < 4.78 is 2.03. The maximum absolute atomic E-state index is 7.03. The van der Waals surface area contributed by atoms with Crippen LogP contribution in [0.4, 0.5) is 0 Å². The van der Waals surface area contributed by atoms with Crippen LogP contribution in [0.5, 0.6) is 0 Å². The molecule has 0 saturated heterocycles. The monoisotopic (exact) mass is 304 g/mol. The van der Waals surface area contributed by atoms with E-state index in [1.165, 1.54) is 0 Å². The molecule has 0 bridgehead atoms. The fraction of sp³-hybridized carbons (Fsp3) is 0.333. The molecule has 2 nitrogen and oxygen atoms in total. The lowest BCUT2D eigenvalue weighted by Crippen LogP contribution is -1.92. The molecule has 0 heterocycles. The van der Waals surface area contributed by atoms with Crippen molar-refractivity contribution in [3.63, 3.8) is 0 Å². The molecule has 0 amide bonds. The van der Waals surface area contributed by atoms with Gasteiger partial charge in [0.1, 0.15) is 0 Å². The molecular formula is C9H10Br2N2. The van der Waals surface area contributed by atoms with E-state index in [-0.39, 0.29) is 6.04 Å². The van der Waals surface area contributed by atoms with Crippen LogP contribution >= 0.6 is 31.9 Å². The zero-order chi connectivity index (χ0) is 9.84. The number of hydrogen-bond donors (Lipinski definition) is 1. The van der Waals surface area contributed by atoms with Crippen LogP contribution in [0.15, 0.2) is 32.3 Å². The van der Waals surface area contributed by atoms with E-state index in [0.29, 0.717) is 0 Å². The van der Waals surface area contributed by atoms with Gasteiger partial charge in [0.15, 0.2) is 0 Å². The number of hydrogen-bond acceptors (Lipinski definition) is 2. The maximum atomic E-state index is 7.03. The standard InChI is InChI=1S/C9H10Br2N2/c1-2-9(13-12)6-3-7(10)5-8(11)4-6/h3-5,9,12H,2H2,1H3. The molecule has 0 aliphatic rings. The number of benzene rings is 1. The number of halogens is 2. The van der Waals surface area contributed by atoms with Crippen LogP contribution in [0.1, 0.15) is 24.9 Å². The fourth-order valence-electron chi connectivity index (χ4n) is 1.17. The number of rotatable bonds is 3. The molecule has 0 spiro atoms. The summed E-state index contributed by atoms with van der Waals surface area (Å²) in [5.41, 5.74) is 8.10. The second kappa shape index (κ2) is 4.86. The van der Waals surface area contributed by atoms with Crippen LogP contribution in [0.3, 0.4) is 0 Å². The van der Waals surface area contributed by atoms with Crippen molar-refractivity contribution in [2.24, 2.45) is 5.11 Å². The summed E-state index contributed by atoms with van der Waals surface area (Å²) in [6.45, 7) is 2.03. The lowest BCUT2D eigenvalue weighted by molar-refractivity contribution is 0.644. The molecule has 1 rings (SSSR count). The first-order chi connectivity index (χ1) is 6.17. The van der Waals surface area contributed by atoms with E-state index in [1.807, 2.05) is 25.1 Å². The predicted octanol–water partition coefficient (Wildman–Crippen LogP) is 4.69. The zero-order valence-corrected chi connectivity index (χ0v) is 10.4. The Bertz CT molecular complexity index is 292. The number of nitrogens with one attached hydrogen (secondary N) is 1. The molecule has 0 aliphatic carbocycles. The normalized spacial score (nSPS) is 12.5. The van der Waals surface area contributed by atoms with Crippen LogP contribution in [-0.4, -0.2) is 0 Å². The molecule has 1 aromatic carbocycles. The summed E-state index contributed by atoms with van der Waals surface area (Å²) in [7, 11) is 0. The number of nitrogens with zero attached hydrogens (tertiary/aromatic N) is 1. The van der Waals surface area contributed by atoms with Gasteiger partial charge in [0.2, 0.25) is 0 Å². The van der Waals surface area contributed by atoms with E-state index < -0.39 is 0 Å². The maximum Gasteiger partial charge on any atom is 0.0953 e. The summed E-state index contributed by atoms with van der Waals surface area (Å²) in [6, 6.07) is 5.95. The quantitative estimate of drug-likeness (QED) is 0.786. The van der Waals surface area contributed by atoms with E-state index in [2.05, 4.69) is 37.0 Å². The average Bonchev–Trinajstić information content (AvgIpc) is 2.04. The van der Waals surface area contributed by atoms with Gasteiger partial charge < -0.3 is 0 Å². The molecule has 1 N–H and O–H groups in total. The molecule has 0 aliphatic heterocycles. The highest BCUT2D eigenvalue weighted by Gasteiger charge is 2.08. The van der Waals surface area contributed by atoms with Crippen LogP contribution in [-0.2, 0) is 0 Å². The molecule has 70 valence electrons.